The Bertz CT molecular complexity index is 307. The summed E-state index contributed by atoms with van der Waals surface area (Å²) in [5.41, 5.74) is -0.601. The zero-order valence-corrected chi connectivity index (χ0v) is 11.5. The van der Waals surface area contributed by atoms with Gasteiger partial charge in [-0.2, -0.15) is 0 Å². The molecule has 0 bridgehead atoms. The maximum atomic E-state index is 11.8. The smallest absolute Gasteiger partial charge is 0.324 e. The number of nitrogens with zero attached hydrogens (tertiary/aromatic N) is 1. The van der Waals surface area contributed by atoms with Crippen LogP contribution in [0.5, 0.6) is 0 Å². The third kappa shape index (κ3) is 2.41. The number of rotatable bonds is 4. The van der Waals surface area contributed by atoms with Crippen molar-refractivity contribution in [2.75, 3.05) is 13.2 Å². The number of carbonyl (C=O) groups is 1. The van der Waals surface area contributed by atoms with Crippen LogP contribution in [-0.2, 0) is 9.53 Å². The number of aliphatic carboxylic acids is 1. The summed E-state index contributed by atoms with van der Waals surface area (Å²) in [6.07, 6.45) is 5.73. The molecule has 0 spiro atoms. The van der Waals surface area contributed by atoms with Crippen LogP contribution in [0.2, 0.25) is 0 Å². The second-order valence-corrected chi connectivity index (χ2v) is 5.74. The molecule has 0 amide bonds. The second kappa shape index (κ2) is 5.57. The lowest BCUT2D eigenvalue weighted by atomic mass is 9.88. The van der Waals surface area contributed by atoms with Crippen molar-refractivity contribution in [3.05, 3.63) is 0 Å². The minimum atomic E-state index is -0.624. The van der Waals surface area contributed by atoms with Gasteiger partial charge in [-0.25, -0.2) is 0 Å². The molecule has 104 valence electrons. The Morgan fingerprint density at radius 1 is 1.56 bits per heavy atom. The van der Waals surface area contributed by atoms with Crippen LogP contribution in [0, 0.1) is 0 Å². The molecule has 0 radical (unpaired) electrons. The lowest BCUT2D eigenvalue weighted by Crippen LogP contribution is -2.56. The van der Waals surface area contributed by atoms with Gasteiger partial charge >= 0.3 is 5.97 Å². The van der Waals surface area contributed by atoms with E-state index in [1.165, 1.54) is 0 Å². The first-order chi connectivity index (χ1) is 8.60. The molecule has 2 fully saturated rings. The first kappa shape index (κ1) is 13.8. The number of carboxylic acid groups (broad SMARTS) is 1. The normalized spacial score (nSPS) is 37.9. The predicted octanol–water partition coefficient (Wildman–Crippen LogP) is 2.27. The van der Waals surface area contributed by atoms with Gasteiger partial charge < -0.3 is 9.84 Å². The van der Waals surface area contributed by atoms with Crippen molar-refractivity contribution in [2.24, 2.45) is 0 Å². The summed E-state index contributed by atoms with van der Waals surface area (Å²) < 4.78 is 5.58. The van der Waals surface area contributed by atoms with Gasteiger partial charge in [-0.15, -0.1) is 0 Å². The van der Waals surface area contributed by atoms with Crippen LogP contribution in [0.4, 0.5) is 0 Å². The van der Waals surface area contributed by atoms with E-state index in [-0.39, 0.29) is 6.10 Å². The second-order valence-electron chi connectivity index (χ2n) is 5.74. The lowest BCUT2D eigenvalue weighted by Gasteiger charge is -2.43. The zero-order chi connectivity index (χ0) is 13.2. The number of hydrogen-bond donors (Lipinski definition) is 1. The highest BCUT2D eigenvalue weighted by Gasteiger charge is 2.49. The molecule has 2 aliphatic heterocycles. The van der Waals surface area contributed by atoms with E-state index in [4.69, 9.17) is 4.74 Å². The summed E-state index contributed by atoms with van der Waals surface area (Å²) in [5.74, 6) is -0.624. The van der Waals surface area contributed by atoms with Gasteiger partial charge in [0.25, 0.3) is 0 Å². The highest BCUT2D eigenvalue weighted by Crippen LogP contribution is 2.38. The van der Waals surface area contributed by atoms with Crippen molar-refractivity contribution < 1.29 is 14.6 Å². The topological polar surface area (TPSA) is 49.8 Å². The molecule has 0 aromatic rings. The van der Waals surface area contributed by atoms with Gasteiger partial charge in [0, 0.05) is 12.6 Å². The Kier molecular flexibility index (Phi) is 4.28. The number of ether oxygens (including phenoxy) is 1. The zero-order valence-electron chi connectivity index (χ0n) is 11.5. The van der Waals surface area contributed by atoms with E-state index in [0.717, 1.165) is 51.7 Å². The fourth-order valence-corrected chi connectivity index (χ4v) is 3.71. The highest BCUT2D eigenvalue weighted by molar-refractivity contribution is 5.79. The first-order valence-corrected chi connectivity index (χ1v) is 7.22. The van der Waals surface area contributed by atoms with Crippen LogP contribution in [-0.4, -0.2) is 46.8 Å². The molecular formula is C14H25NO3. The summed E-state index contributed by atoms with van der Waals surface area (Å²) in [6, 6.07) is 0.388. The summed E-state index contributed by atoms with van der Waals surface area (Å²) >= 11 is 0. The standard InChI is InChI=1S/C14H25NO3/c1-3-6-14(13(16)17)7-4-8-15(14)12-5-9-18-11(2)10-12/h11-12H,3-10H2,1-2H3,(H,16,17). The third-order valence-corrected chi connectivity index (χ3v) is 4.50. The number of hydrogen-bond acceptors (Lipinski definition) is 3. The van der Waals surface area contributed by atoms with Crippen molar-refractivity contribution in [2.45, 2.75) is 70.1 Å². The average Bonchev–Trinajstić information content (AvgIpc) is 2.74. The van der Waals surface area contributed by atoms with Crippen molar-refractivity contribution in [1.29, 1.82) is 0 Å². The van der Waals surface area contributed by atoms with Gasteiger partial charge in [-0.1, -0.05) is 13.3 Å². The SMILES string of the molecule is CCCC1(C(=O)O)CCCN1C1CCOC(C)C1. The van der Waals surface area contributed by atoms with Gasteiger partial charge in [0.05, 0.1) is 6.10 Å². The molecule has 4 heteroatoms. The van der Waals surface area contributed by atoms with Crippen LogP contribution in [0.1, 0.15) is 52.4 Å². The maximum Gasteiger partial charge on any atom is 0.324 e. The van der Waals surface area contributed by atoms with Crippen LogP contribution >= 0.6 is 0 Å². The van der Waals surface area contributed by atoms with E-state index in [1.807, 2.05) is 0 Å². The van der Waals surface area contributed by atoms with Gasteiger partial charge in [0.15, 0.2) is 0 Å². The quantitative estimate of drug-likeness (QED) is 0.837. The van der Waals surface area contributed by atoms with Gasteiger partial charge in [-0.3, -0.25) is 9.69 Å². The molecule has 2 saturated heterocycles. The molecule has 2 aliphatic rings. The Labute approximate surface area is 109 Å². The Hall–Kier alpha value is -0.610. The first-order valence-electron chi connectivity index (χ1n) is 7.22. The fourth-order valence-electron chi connectivity index (χ4n) is 3.71. The largest absolute Gasteiger partial charge is 0.480 e. The molecule has 0 aromatic carbocycles. The summed E-state index contributed by atoms with van der Waals surface area (Å²) in [4.78, 5) is 14.1. The van der Waals surface area contributed by atoms with E-state index in [9.17, 15) is 9.90 Å². The van der Waals surface area contributed by atoms with E-state index >= 15 is 0 Å². The summed E-state index contributed by atoms with van der Waals surface area (Å²) in [6.45, 7) is 5.87. The fraction of sp³-hybridized carbons (Fsp3) is 0.929. The van der Waals surface area contributed by atoms with E-state index in [1.54, 1.807) is 0 Å². The van der Waals surface area contributed by atoms with E-state index in [2.05, 4.69) is 18.7 Å². The molecule has 1 N–H and O–H groups in total. The minimum absolute atomic E-state index is 0.262. The molecule has 0 saturated carbocycles. The molecule has 3 unspecified atom stereocenters. The van der Waals surface area contributed by atoms with Gasteiger partial charge in [-0.05, 0) is 45.6 Å². The highest BCUT2D eigenvalue weighted by atomic mass is 16.5. The lowest BCUT2D eigenvalue weighted by molar-refractivity contribution is -0.154. The van der Waals surface area contributed by atoms with Crippen molar-refractivity contribution >= 4 is 5.97 Å². The van der Waals surface area contributed by atoms with Gasteiger partial charge in [0.1, 0.15) is 5.54 Å². The third-order valence-electron chi connectivity index (χ3n) is 4.50. The Balaban J connectivity index is 2.16. The van der Waals surface area contributed by atoms with Crippen molar-refractivity contribution in [3.8, 4) is 0 Å². The predicted molar refractivity (Wildman–Crippen MR) is 69.7 cm³/mol. The Morgan fingerprint density at radius 2 is 2.33 bits per heavy atom. The average molecular weight is 255 g/mol. The van der Waals surface area contributed by atoms with E-state index in [0.29, 0.717) is 6.04 Å². The Morgan fingerprint density at radius 3 is 2.94 bits per heavy atom. The van der Waals surface area contributed by atoms with Crippen LogP contribution in [0.3, 0.4) is 0 Å². The summed E-state index contributed by atoms with van der Waals surface area (Å²) in [5, 5.41) is 9.69. The maximum absolute atomic E-state index is 11.8. The van der Waals surface area contributed by atoms with Crippen LogP contribution < -0.4 is 0 Å². The van der Waals surface area contributed by atoms with Gasteiger partial charge in [0.2, 0.25) is 0 Å². The molecule has 3 atom stereocenters. The van der Waals surface area contributed by atoms with Crippen molar-refractivity contribution in [1.82, 2.24) is 4.90 Å². The number of carboxylic acids is 1. The molecule has 18 heavy (non-hydrogen) atoms. The molecule has 0 aliphatic carbocycles. The minimum Gasteiger partial charge on any atom is -0.480 e. The van der Waals surface area contributed by atoms with Crippen LogP contribution in [0.25, 0.3) is 0 Å². The molecular weight excluding hydrogens is 230 g/mol. The molecule has 4 nitrogen and oxygen atoms in total. The van der Waals surface area contributed by atoms with Crippen LogP contribution in [0.15, 0.2) is 0 Å². The number of likely N-dealkylation sites (tertiary alicyclic amines) is 1. The van der Waals surface area contributed by atoms with Crippen molar-refractivity contribution in [3.63, 3.8) is 0 Å². The monoisotopic (exact) mass is 255 g/mol. The molecule has 2 rings (SSSR count). The van der Waals surface area contributed by atoms with E-state index < -0.39 is 11.5 Å². The summed E-state index contributed by atoms with van der Waals surface area (Å²) in [7, 11) is 0. The molecule has 2 heterocycles. The molecule has 0 aromatic heterocycles.